The lowest BCUT2D eigenvalue weighted by molar-refractivity contribution is -0.141. The van der Waals surface area contributed by atoms with Gasteiger partial charge in [0, 0.05) is 0 Å². The molecule has 5 nitrogen and oxygen atoms in total. The predicted molar refractivity (Wildman–Crippen MR) is 226 cm³/mol. The van der Waals surface area contributed by atoms with Crippen LogP contribution >= 0.6 is 0 Å². The van der Waals surface area contributed by atoms with Crippen LogP contribution in [0, 0.1) is 11.8 Å². The molecule has 1 unspecified atom stereocenters. The molecule has 0 fully saturated rings. The van der Waals surface area contributed by atoms with Gasteiger partial charge in [-0.1, -0.05) is 213 Å². The number of carboxylic acids is 2. The van der Waals surface area contributed by atoms with E-state index in [4.69, 9.17) is 15.3 Å². The zero-order valence-electron chi connectivity index (χ0n) is 33.7. The van der Waals surface area contributed by atoms with Crippen molar-refractivity contribution in [2.45, 2.75) is 123 Å². The molecule has 0 amide bonds. The van der Waals surface area contributed by atoms with Gasteiger partial charge in [0.1, 0.15) is 0 Å². The average molecular weight is 709 g/mol. The number of hydrogen-bond donors (Lipinski definition) is 3. The van der Waals surface area contributed by atoms with E-state index in [9.17, 15) is 9.59 Å². The number of carboxylic acid groups (broad SMARTS) is 2. The van der Waals surface area contributed by atoms with Crippen LogP contribution < -0.4 is 0 Å². The second kappa shape index (κ2) is 47.9. The Morgan fingerprint density at radius 1 is 0.510 bits per heavy atom. The van der Waals surface area contributed by atoms with Crippen molar-refractivity contribution in [2.24, 2.45) is 11.8 Å². The summed E-state index contributed by atoms with van der Waals surface area (Å²) in [6, 6.07) is 38.1. The van der Waals surface area contributed by atoms with Crippen LogP contribution in [0.3, 0.4) is 0 Å². The molecule has 290 valence electrons. The first kappa shape index (κ1) is 59.0. The highest BCUT2D eigenvalue weighted by molar-refractivity contribution is 5.87. The largest absolute Gasteiger partial charge is 0.481 e. The van der Waals surface area contributed by atoms with E-state index < -0.39 is 11.9 Å². The SMILES string of the molecule is C.CC.CC.CC.CC.CC(C)Cc1ccccc1.CC(Cc1ccccc1)C(=O)O.CCC.O=C(O)c1ccccc1.OCc1ccccc1. The van der Waals surface area contributed by atoms with Crippen molar-refractivity contribution < 1.29 is 24.9 Å². The molecule has 0 spiro atoms. The van der Waals surface area contributed by atoms with Gasteiger partial charge in [-0.3, -0.25) is 4.79 Å². The zero-order valence-corrected chi connectivity index (χ0v) is 33.7. The van der Waals surface area contributed by atoms with Crippen LogP contribution in [-0.2, 0) is 24.2 Å². The van der Waals surface area contributed by atoms with Crippen LogP contribution in [0.2, 0.25) is 0 Å². The Balaban J connectivity index is -0.000000121. The number of aliphatic hydroxyl groups is 1. The third-order valence-electron chi connectivity index (χ3n) is 5.34. The molecule has 4 rings (SSSR count). The average Bonchev–Trinajstić information content (AvgIpc) is 3.17. The van der Waals surface area contributed by atoms with Crippen molar-refractivity contribution in [3.8, 4) is 0 Å². The molecule has 5 heteroatoms. The molecule has 1 atom stereocenters. The lowest BCUT2D eigenvalue weighted by atomic mass is 10.0. The minimum atomic E-state index is -0.879. The molecule has 0 bridgehead atoms. The fourth-order valence-corrected chi connectivity index (χ4v) is 3.30. The van der Waals surface area contributed by atoms with E-state index in [2.05, 4.69) is 58.0 Å². The maximum absolute atomic E-state index is 10.5. The second-order valence-electron chi connectivity index (χ2n) is 10.0. The van der Waals surface area contributed by atoms with Gasteiger partial charge in [0.25, 0.3) is 0 Å². The Morgan fingerprint density at radius 3 is 1.00 bits per heavy atom. The fourth-order valence-electron chi connectivity index (χ4n) is 3.30. The van der Waals surface area contributed by atoms with Gasteiger partial charge in [0.05, 0.1) is 18.1 Å². The number of aromatic carboxylic acids is 1. The molecule has 4 aromatic carbocycles. The van der Waals surface area contributed by atoms with Crippen LogP contribution in [0.15, 0.2) is 121 Å². The first-order valence-electron chi connectivity index (χ1n) is 18.4. The van der Waals surface area contributed by atoms with Crippen molar-refractivity contribution in [2.75, 3.05) is 0 Å². The summed E-state index contributed by atoms with van der Waals surface area (Å²) in [4.78, 5) is 20.7. The Kier molecular flexibility index (Phi) is 55.4. The highest BCUT2D eigenvalue weighted by Crippen LogP contribution is 2.08. The van der Waals surface area contributed by atoms with Gasteiger partial charge in [0.2, 0.25) is 0 Å². The number of hydrogen-bond acceptors (Lipinski definition) is 3. The number of rotatable bonds is 7. The van der Waals surface area contributed by atoms with E-state index in [1.807, 2.05) is 116 Å². The highest BCUT2D eigenvalue weighted by Gasteiger charge is 2.10. The summed E-state index contributed by atoms with van der Waals surface area (Å²) in [5, 5.41) is 25.6. The van der Waals surface area contributed by atoms with Gasteiger partial charge in [-0.25, -0.2) is 4.79 Å². The molecule has 0 saturated carbocycles. The van der Waals surface area contributed by atoms with E-state index >= 15 is 0 Å². The van der Waals surface area contributed by atoms with Gasteiger partial charge in [-0.2, -0.15) is 0 Å². The minimum absolute atomic E-state index is 0. The van der Waals surface area contributed by atoms with Crippen LogP contribution in [0.4, 0.5) is 0 Å². The number of carbonyl (C=O) groups is 2. The molecule has 3 N–H and O–H groups in total. The third kappa shape index (κ3) is 41.9. The van der Waals surface area contributed by atoms with Crippen LogP contribution in [-0.4, -0.2) is 27.3 Å². The molecule has 0 aliphatic rings. The molecule has 0 heterocycles. The molecule has 4 aromatic rings. The van der Waals surface area contributed by atoms with E-state index in [-0.39, 0.29) is 20.0 Å². The van der Waals surface area contributed by atoms with Crippen molar-refractivity contribution in [1.82, 2.24) is 0 Å². The lowest BCUT2D eigenvalue weighted by Gasteiger charge is -2.04. The third-order valence-corrected chi connectivity index (χ3v) is 5.34. The van der Waals surface area contributed by atoms with E-state index in [1.54, 1.807) is 37.3 Å². The van der Waals surface area contributed by atoms with Crippen LogP contribution in [0.5, 0.6) is 0 Å². The van der Waals surface area contributed by atoms with Gasteiger partial charge in [0.15, 0.2) is 0 Å². The van der Waals surface area contributed by atoms with Crippen LogP contribution in [0.1, 0.15) is 131 Å². The molecule has 0 radical (unpaired) electrons. The van der Waals surface area contributed by atoms with Crippen LogP contribution in [0.25, 0.3) is 0 Å². The first-order valence-corrected chi connectivity index (χ1v) is 18.4. The van der Waals surface area contributed by atoms with Gasteiger partial charge in [-0.05, 0) is 47.6 Å². The summed E-state index contributed by atoms with van der Waals surface area (Å²) in [6.45, 7) is 26.6. The fraction of sp³-hybridized carbons (Fsp3) is 0.435. The normalized spacial score (nSPS) is 8.76. The minimum Gasteiger partial charge on any atom is -0.481 e. The van der Waals surface area contributed by atoms with E-state index in [1.165, 1.54) is 18.4 Å². The predicted octanol–water partition coefficient (Wildman–Crippen LogP) is 13.6. The van der Waals surface area contributed by atoms with E-state index in [0.717, 1.165) is 17.0 Å². The Hall–Kier alpha value is -4.22. The molecular formula is C46H76O5. The van der Waals surface area contributed by atoms with Crippen molar-refractivity contribution in [3.63, 3.8) is 0 Å². The quantitative estimate of drug-likeness (QED) is 0.178. The summed E-state index contributed by atoms with van der Waals surface area (Å²) < 4.78 is 0. The smallest absolute Gasteiger partial charge is 0.335 e. The molecule has 0 aliphatic carbocycles. The summed E-state index contributed by atoms with van der Waals surface area (Å²) in [5.74, 6) is -1.15. The number of benzene rings is 4. The highest BCUT2D eigenvalue weighted by atomic mass is 16.4. The summed E-state index contributed by atoms with van der Waals surface area (Å²) in [5.41, 5.74) is 3.81. The topological polar surface area (TPSA) is 94.8 Å². The molecule has 51 heavy (non-hydrogen) atoms. The molecule has 0 aromatic heterocycles. The number of aliphatic carboxylic acids is 1. The van der Waals surface area contributed by atoms with Crippen molar-refractivity contribution >= 4 is 11.9 Å². The molecular weight excluding hydrogens is 633 g/mol. The Morgan fingerprint density at radius 2 is 0.784 bits per heavy atom. The number of aliphatic hydroxyl groups excluding tert-OH is 1. The Labute approximate surface area is 314 Å². The van der Waals surface area contributed by atoms with E-state index in [0.29, 0.717) is 12.0 Å². The maximum Gasteiger partial charge on any atom is 0.335 e. The van der Waals surface area contributed by atoms with Gasteiger partial charge in [-0.15, -0.1) is 0 Å². The monoisotopic (exact) mass is 709 g/mol. The summed E-state index contributed by atoms with van der Waals surface area (Å²) in [7, 11) is 0. The van der Waals surface area contributed by atoms with Gasteiger partial charge < -0.3 is 15.3 Å². The maximum atomic E-state index is 10.5. The van der Waals surface area contributed by atoms with Crippen molar-refractivity contribution in [1.29, 1.82) is 0 Å². The first-order chi connectivity index (χ1) is 24.1. The summed E-state index contributed by atoms with van der Waals surface area (Å²) >= 11 is 0. The summed E-state index contributed by atoms with van der Waals surface area (Å²) in [6.07, 6.45) is 3.05. The zero-order chi connectivity index (χ0) is 39.6. The van der Waals surface area contributed by atoms with Gasteiger partial charge >= 0.3 is 11.9 Å². The standard InChI is InChI=1S/C10H12O2.C10H14.C7H6O2.C7H8O.C3H8.4C2H6.CH4/c1-8(10(11)12)7-9-5-3-2-4-6-9;1-9(2)8-10-6-4-3-5-7-10;8-7(9)6-4-2-1-3-5-6;8-6-7-4-2-1-3-5-7;1-3-2;4*1-2;/h2-6,8H,7H2,1H3,(H,11,12);3-7,9H,8H2,1-2H3;1-5H,(H,8,9);1-5,8H,6H2;3H2,1-2H3;4*1-2H3;1H4. The molecule has 0 aliphatic heterocycles. The Bertz CT molecular complexity index is 1180. The van der Waals surface area contributed by atoms with Crippen molar-refractivity contribution in [3.05, 3.63) is 144 Å². The molecule has 0 saturated heterocycles. The second-order valence-corrected chi connectivity index (χ2v) is 10.0. The lowest BCUT2D eigenvalue weighted by Crippen LogP contribution is -2.11.